The first-order valence-corrected chi connectivity index (χ1v) is 6.03. The Labute approximate surface area is 97.5 Å². The van der Waals surface area contributed by atoms with Crippen molar-refractivity contribution in [1.29, 1.82) is 0 Å². The number of rotatable bonds is 0. The fraction of sp³-hybridized carbons (Fsp3) is 0.769. The van der Waals surface area contributed by atoms with E-state index < -0.39 is 0 Å². The summed E-state index contributed by atoms with van der Waals surface area (Å²) >= 11 is 0. The third kappa shape index (κ3) is 2.39. The molecular weight excluding hydrogens is 202 g/mol. The smallest absolute Gasteiger partial charge is 0.410 e. The van der Waals surface area contributed by atoms with Gasteiger partial charge in [-0.2, -0.15) is 0 Å². The summed E-state index contributed by atoms with van der Waals surface area (Å²) in [5, 5.41) is 0. The van der Waals surface area contributed by atoms with Crippen molar-refractivity contribution in [3.8, 4) is 0 Å². The highest BCUT2D eigenvalue weighted by Gasteiger charge is 2.45. The van der Waals surface area contributed by atoms with Crippen molar-refractivity contribution in [1.82, 2.24) is 4.90 Å². The Kier molecular flexibility index (Phi) is 2.72. The van der Waals surface area contributed by atoms with Gasteiger partial charge in [0.15, 0.2) is 0 Å². The van der Waals surface area contributed by atoms with Crippen LogP contribution >= 0.6 is 0 Å². The fourth-order valence-corrected chi connectivity index (χ4v) is 2.45. The molecular formula is C13H21NO2. The first-order chi connectivity index (χ1) is 7.40. The highest BCUT2D eigenvalue weighted by Crippen LogP contribution is 2.41. The van der Waals surface area contributed by atoms with Gasteiger partial charge in [-0.1, -0.05) is 12.2 Å². The molecule has 0 atom stereocenters. The summed E-state index contributed by atoms with van der Waals surface area (Å²) in [6.07, 6.45) is 7.81. The van der Waals surface area contributed by atoms with Crippen molar-refractivity contribution in [3.63, 3.8) is 0 Å². The molecule has 16 heavy (non-hydrogen) atoms. The summed E-state index contributed by atoms with van der Waals surface area (Å²) < 4.78 is 5.34. The van der Waals surface area contributed by atoms with E-state index in [0.29, 0.717) is 5.41 Å². The van der Waals surface area contributed by atoms with Crippen LogP contribution in [0.25, 0.3) is 0 Å². The van der Waals surface area contributed by atoms with Gasteiger partial charge in [-0.25, -0.2) is 4.79 Å². The van der Waals surface area contributed by atoms with Crippen LogP contribution < -0.4 is 0 Å². The van der Waals surface area contributed by atoms with Crippen LogP contribution in [0.2, 0.25) is 0 Å². The fourth-order valence-electron chi connectivity index (χ4n) is 2.45. The first-order valence-electron chi connectivity index (χ1n) is 6.03. The molecule has 2 rings (SSSR count). The summed E-state index contributed by atoms with van der Waals surface area (Å²) in [6.45, 7) is 7.45. The number of ether oxygens (including phenoxy) is 1. The summed E-state index contributed by atoms with van der Waals surface area (Å²) in [5.41, 5.74) is -0.0159. The lowest BCUT2D eigenvalue weighted by molar-refractivity contribution is -0.0376. The van der Waals surface area contributed by atoms with E-state index in [1.807, 2.05) is 25.7 Å². The van der Waals surface area contributed by atoms with Crippen molar-refractivity contribution >= 4 is 6.09 Å². The molecule has 1 aliphatic carbocycles. The minimum atomic E-state index is -0.383. The molecule has 1 aliphatic heterocycles. The molecule has 0 saturated carbocycles. The van der Waals surface area contributed by atoms with E-state index in [-0.39, 0.29) is 11.7 Å². The number of allylic oxidation sites excluding steroid dienone is 2. The highest BCUT2D eigenvalue weighted by molar-refractivity contribution is 5.69. The van der Waals surface area contributed by atoms with Crippen LogP contribution in [-0.2, 0) is 4.74 Å². The maximum absolute atomic E-state index is 11.8. The minimum absolute atomic E-state index is 0.160. The number of carbonyl (C=O) groups is 1. The van der Waals surface area contributed by atoms with Crippen molar-refractivity contribution in [3.05, 3.63) is 12.2 Å². The molecule has 2 aliphatic rings. The van der Waals surface area contributed by atoms with E-state index in [1.54, 1.807) is 0 Å². The van der Waals surface area contributed by atoms with Gasteiger partial charge in [-0.05, 0) is 40.0 Å². The van der Waals surface area contributed by atoms with Gasteiger partial charge < -0.3 is 9.64 Å². The quantitative estimate of drug-likeness (QED) is 0.591. The monoisotopic (exact) mass is 223 g/mol. The molecule has 1 fully saturated rings. The van der Waals surface area contributed by atoms with Gasteiger partial charge in [-0.15, -0.1) is 0 Å². The lowest BCUT2D eigenvalue weighted by atomic mass is 9.71. The third-order valence-corrected chi connectivity index (χ3v) is 3.26. The van der Waals surface area contributed by atoms with Crippen LogP contribution in [0.1, 0.15) is 40.0 Å². The molecule has 1 spiro atoms. The molecule has 0 unspecified atom stereocenters. The van der Waals surface area contributed by atoms with Gasteiger partial charge in [0.25, 0.3) is 0 Å². The van der Waals surface area contributed by atoms with Crippen LogP contribution in [0.5, 0.6) is 0 Å². The van der Waals surface area contributed by atoms with Crippen LogP contribution in [0, 0.1) is 5.41 Å². The molecule has 0 radical (unpaired) electrons. The Morgan fingerprint density at radius 2 is 2.00 bits per heavy atom. The van der Waals surface area contributed by atoms with Crippen molar-refractivity contribution in [2.24, 2.45) is 5.41 Å². The van der Waals surface area contributed by atoms with Crippen LogP contribution in [0.15, 0.2) is 12.2 Å². The van der Waals surface area contributed by atoms with Gasteiger partial charge in [0, 0.05) is 18.5 Å². The van der Waals surface area contributed by atoms with Crippen molar-refractivity contribution in [2.75, 3.05) is 13.1 Å². The summed E-state index contributed by atoms with van der Waals surface area (Å²) in [6, 6.07) is 0. The molecule has 90 valence electrons. The number of nitrogens with zero attached hydrogens (tertiary/aromatic N) is 1. The van der Waals surface area contributed by atoms with Crippen LogP contribution in [-0.4, -0.2) is 29.7 Å². The molecule has 3 heteroatoms. The average Bonchev–Trinajstić information content (AvgIpc) is 2.12. The summed E-state index contributed by atoms with van der Waals surface area (Å²) in [5.74, 6) is 0. The summed E-state index contributed by atoms with van der Waals surface area (Å²) in [4.78, 5) is 13.6. The zero-order valence-electron chi connectivity index (χ0n) is 10.5. The first kappa shape index (κ1) is 11.5. The second kappa shape index (κ2) is 3.79. The van der Waals surface area contributed by atoms with E-state index in [1.165, 1.54) is 6.42 Å². The molecule has 0 aromatic heterocycles. The Bertz CT molecular complexity index is 308. The molecule has 0 aromatic carbocycles. The second-order valence-corrected chi connectivity index (χ2v) is 6.05. The van der Waals surface area contributed by atoms with Gasteiger partial charge in [0.1, 0.15) is 5.60 Å². The van der Waals surface area contributed by atoms with Gasteiger partial charge in [0.2, 0.25) is 0 Å². The standard InChI is InChI=1S/C13H21NO2/c1-12(2,3)16-11(15)14-9-13(10-14)7-5-4-6-8-13/h4-5H,6-10H2,1-3H3. The Morgan fingerprint density at radius 3 is 2.50 bits per heavy atom. The van der Waals surface area contributed by atoms with Crippen LogP contribution in [0.3, 0.4) is 0 Å². The Hall–Kier alpha value is -0.990. The molecule has 1 heterocycles. The maximum Gasteiger partial charge on any atom is 0.410 e. The van der Waals surface area contributed by atoms with E-state index in [0.717, 1.165) is 25.9 Å². The number of hydrogen-bond acceptors (Lipinski definition) is 2. The van der Waals surface area contributed by atoms with E-state index in [4.69, 9.17) is 4.74 Å². The largest absolute Gasteiger partial charge is 0.444 e. The number of likely N-dealkylation sites (tertiary alicyclic amines) is 1. The summed E-state index contributed by atoms with van der Waals surface area (Å²) in [7, 11) is 0. The second-order valence-electron chi connectivity index (χ2n) is 6.05. The molecule has 0 N–H and O–H groups in total. The molecule has 0 aromatic rings. The number of carbonyl (C=O) groups excluding carboxylic acids is 1. The molecule has 1 saturated heterocycles. The lowest BCUT2D eigenvalue weighted by Gasteiger charge is -2.50. The minimum Gasteiger partial charge on any atom is -0.444 e. The zero-order chi connectivity index (χ0) is 11.8. The molecule has 0 bridgehead atoms. The number of hydrogen-bond donors (Lipinski definition) is 0. The van der Waals surface area contributed by atoms with E-state index >= 15 is 0 Å². The van der Waals surface area contributed by atoms with Crippen LogP contribution in [0.4, 0.5) is 4.79 Å². The van der Waals surface area contributed by atoms with Gasteiger partial charge in [0.05, 0.1) is 0 Å². The predicted molar refractivity (Wildman–Crippen MR) is 63.2 cm³/mol. The Balaban J connectivity index is 1.84. The molecule has 1 amide bonds. The molecule has 3 nitrogen and oxygen atoms in total. The Morgan fingerprint density at radius 1 is 1.31 bits per heavy atom. The third-order valence-electron chi connectivity index (χ3n) is 3.26. The topological polar surface area (TPSA) is 29.5 Å². The zero-order valence-corrected chi connectivity index (χ0v) is 10.5. The average molecular weight is 223 g/mol. The number of amides is 1. The van der Waals surface area contributed by atoms with Crippen molar-refractivity contribution < 1.29 is 9.53 Å². The van der Waals surface area contributed by atoms with Gasteiger partial charge in [-0.3, -0.25) is 0 Å². The van der Waals surface area contributed by atoms with E-state index in [9.17, 15) is 4.79 Å². The van der Waals surface area contributed by atoms with Crippen molar-refractivity contribution in [2.45, 2.75) is 45.6 Å². The van der Waals surface area contributed by atoms with Gasteiger partial charge >= 0.3 is 6.09 Å². The SMILES string of the molecule is CC(C)(C)OC(=O)N1CC2(CC=CCC2)C1. The van der Waals surface area contributed by atoms with E-state index in [2.05, 4.69) is 12.2 Å². The highest BCUT2D eigenvalue weighted by atomic mass is 16.6. The normalized spacial score (nSPS) is 23.1. The predicted octanol–water partition coefficient (Wildman–Crippen LogP) is 2.96. The lowest BCUT2D eigenvalue weighted by Crippen LogP contribution is -2.59. The maximum atomic E-state index is 11.8.